The van der Waals surface area contributed by atoms with Crippen LogP contribution in [0.2, 0.25) is 0 Å². The topological polar surface area (TPSA) is 46.6 Å². The molecule has 4 heteroatoms. The van der Waals surface area contributed by atoms with Crippen LogP contribution in [-0.2, 0) is 14.3 Å². The molecule has 1 saturated heterocycles. The van der Waals surface area contributed by atoms with Gasteiger partial charge < -0.3 is 9.64 Å². The molecule has 0 radical (unpaired) electrons. The van der Waals surface area contributed by atoms with E-state index < -0.39 is 5.41 Å². The Morgan fingerprint density at radius 1 is 1.35 bits per heavy atom. The van der Waals surface area contributed by atoms with E-state index in [2.05, 4.69) is 6.92 Å². The van der Waals surface area contributed by atoms with Gasteiger partial charge in [0.05, 0.1) is 18.1 Å². The van der Waals surface area contributed by atoms with E-state index in [4.69, 9.17) is 4.74 Å². The van der Waals surface area contributed by atoms with Gasteiger partial charge in [0.2, 0.25) is 5.91 Å². The van der Waals surface area contributed by atoms with Crippen LogP contribution in [0.1, 0.15) is 57.6 Å². The highest BCUT2D eigenvalue weighted by Crippen LogP contribution is 2.51. The van der Waals surface area contributed by atoms with Gasteiger partial charge in [-0.15, -0.1) is 0 Å². The van der Waals surface area contributed by atoms with Crippen molar-refractivity contribution in [1.29, 1.82) is 0 Å². The highest BCUT2D eigenvalue weighted by Gasteiger charge is 2.56. The maximum absolute atomic E-state index is 12.7. The third kappa shape index (κ3) is 2.64. The van der Waals surface area contributed by atoms with Gasteiger partial charge in [-0.3, -0.25) is 9.59 Å². The third-order valence-corrected chi connectivity index (χ3v) is 5.53. The average molecular weight is 315 g/mol. The van der Waals surface area contributed by atoms with E-state index in [0.29, 0.717) is 19.4 Å². The molecule has 1 saturated carbocycles. The Hall–Kier alpha value is -1.84. The van der Waals surface area contributed by atoms with Crippen LogP contribution in [0, 0.1) is 5.41 Å². The van der Waals surface area contributed by atoms with Gasteiger partial charge >= 0.3 is 5.97 Å². The number of amides is 1. The van der Waals surface area contributed by atoms with Crippen molar-refractivity contribution in [3.05, 3.63) is 35.9 Å². The van der Waals surface area contributed by atoms with Crippen LogP contribution in [0.15, 0.2) is 30.3 Å². The van der Waals surface area contributed by atoms with Gasteiger partial charge in [0.25, 0.3) is 0 Å². The molecule has 1 amide bonds. The lowest BCUT2D eigenvalue weighted by atomic mass is 9.74. The van der Waals surface area contributed by atoms with Crippen LogP contribution in [0.3, 0.4) is 0 Å². The fraction of sp³-hybridized carbons (Fsp3) is 0.579. The van der Waals surface area contributed by atoms with Crippen LogP contribution in [-0.4, -0.2) is 29.4 Å². The van der Waals surface area contributed by atoms with Crippen LogP contribution < -0.4 is 0 Å². The molecule has 2 fully saturated rings. The number of fused-ring (bicyclic) bond motifs is 1. The van der Waals surface area contributed by atoms with Crippen molar-refractivity contribution >= 4 is 11.9 Å². The highest BCUT2D eigenvalue weighted by molar-refractivity contribution is 5.85. The van der Waals surface area contributed by atoms with E-state index in [1.54, 1.807) is 0 Å². The first kappa shape index (κ1) is 16.0. The van der Waals surface area contributed by atoms with Gasteiger partial charge in [0, 0.05) is 12.5 Å². The second-order valence-electron chi connectivity index (χ2n) is 6.67. The summed E-state index contributed by atoms with van der Waals surface area (Å²) in [5.74, 6) is 0.0495. The molecule has 1 aromatic rings. The minimum atomic E-state index is -0.493. The Morgan fingerprint density at radius 2 is 2.09 bits per heavy atom. The van der Waals surface area contributed by atoms with Crippen LogP contribution in [0.5, 0.6) is 0 Å². The van der Waals surface area contributed by atoms with Gasteiger partial charge in [-0.25, -0.2) is 0 Å². The molecule has 2 aliphatic rings. The molecule has 1 unspecified atom stereocenters. The van der Waals surface area contributed by atoms with Gasteiger partial charge in [-0.2, -0.15) is 0 Å². The van der Waals surface area contributed by atoms with Crippen LogP contribution >= 0.6 is 0 Å². The number of piperidine rings is 1. The van der Waals surface area contributed by atoms with Crippen molar-refractivity contribution in [2.45, 2.75) is 58.0 Å². The zero-order valence-electron chi connectivity index (χ0n) is 14.0. The summed E-state index contributed by atoms with van der Waals surface area (Å²) >= 11 is 0. The Kier molecular flexibility index (Phi) is 4.42. The number of hydrogen-bond donors (Lipinski definition) is 0. The minimum Gasteiger partial charge on any atom is -0.466 e. The molecule has 0 aromatic heterocycles. The number of carbonyl (C=O) groups is 2. The molecular formula is C19H25NO3. The number of hydrogen-bond acceptors (Lipinski definition) is 3. The van der Waals surface area contributed by atoms with E-state index in [-0.39, 0.29) is 24.0 Å². The smallest absolute Gasteiger partial charge is 0.314 e. The summed E-state index contributed by atoms with van der Waals surface area (Å²) in [5.41, 5.74) is 0.625. The summed E-state index contributed by atoms with van der Waals surface area (Å²) in [7, 11) is 0. The number of ether oxygens (including phenoxy) is 1. The lowest BCUT2D eigenvalue weighted by Crippen LogP contribution is -2.56. The summed E-state index contributed by atoms with van der Waals surface area (Å²) in [5, 5.41) is 0. The SMILES string of the molecule is CCOC(=O)[C@]12CCCC1N([C@@H](C)c1ccccc1)C(=O)CC2. The van der Waals surface area contributed by atoms with Crippen molar-refractivity contribution in [2.24, 2.45) is 5.41 Å². The van der Waals surface area contributed by atoms with Crippen LogP contribution in [0.4, 0.5) is 0 Å². The lowest BCUT2D eigenvalue weighted by Gasteiger charge is -2.47. The fourth-order valence-corrected chi connectivity index (χ4v) is 4.38. The van der Waals surface area contributed by atoms with Crippen molar-refractivity contribution in [2.75, 3.05) is 6.61 Å². The molecule has 4 nitrogen and oxygen atoms in total. The second kappa shape index (κ2) is 6.34. The Labute approximate surface area is 137 Å². The number of rotatable bonds is 4. The number of nitrogens with zero attached hydrogens (tertiary/aromatic N) is 1. The number of likely N-dealkylation sites (tertiary alicyclic amines) is 1. The van der Waals surface area contributed by atoms with Crippen molar-refractivity contribution in [3.63, 3.8) is 0 Å². The lowest BCUT2D eigenvalue weighted by molar-refractivity contribution is -0.167. The molecule has 3 atom stereocenters. The quantitative estimate of drug-likeness (QED) is 0.799. The molecule has 1 heterocycles. The fourth-order valence-electron chi connectivity index (χ4n) is 4.38. The van der Waals surface area contributed by atoms with E-state index in [1.807, 2.05) is 42.2 Å². The molecule has 0 N–H and O–H groups in total. The maximum Gasteiger partial charge on any atom is 0.314 e. The Bertz CT molecular complexity index is 586. The average Bonchev–Trinajstić information content (AvgIpc) is 3.00. The van der Waals surface area contributed by atoms with Crippen molar-refractivity contribution < 1.29 is 14.3 Å². The zero-order valence-corrected chi connectivity index (χ0v) is 14.0. The van der Waals surface area contributed by atoms with E-state index >= 15 is 0 Å². The summed E-state index contributed by atoms with van der Waals surface area (Å²) in [4.78, 5) is 27.3. The minimum absolute atomic E-state index is 0.0131. The molecule has 0 spiro atoms. The zero-order chi connectivity index (χ0) is 16.4. The summed E-state index contributed by atoms with van der Waals surface area (Å²) in [6.45, 7) is 4.30. The van der Waals surface area contributed by atoms with Gasteiger partial charge in [-0.1, -0.05) is 36.8 Å². The molecule has 23 heavy (non-hydrogen) atoms. The largest absolute Gasteiger partial charge is 0.466 e. The molecule has 3 rings (SSSR count). The third-order valence-electron chi connectivity index (χ3n) is 5.53. The Balaban J connectivity index is 1.93. The van der Waals surface area contributed by atoms with E-state index in [1.165, 1.54) is 0 Å². The maximum atomic E-state index is 12.7. The van der Waals surface area contributed by atoms with E-state index in [9.17, 15) is 9.59 Å². The molecule has 0 bridgehead atoms. The number of esters is 1. The molecule has 124 valence electrons. The monoisotopic (exact) mass is 315 g/mol. The van der Waals surface area contributed by atoms with Crippen molar-refractivity contribution in [3.8, 4) is 0 Å². The van der Waals surface area contributed by atoms with Gasteiger partial charge in [-0.05, 0) is 38.7 Å². The standard InChI is InChI=1S/C19H25NO3/c1-3-23-18(22)19-12-7-10-16(19)20(17(21)11-13-19)14(2)15-8-5-4-6-9-15/h4-6,8-9,14,16H,3,7,10-13H2,1-2H3/t14-,16?,19-/m0/s1. The van der Waals surface area contributed by atoms with Gasteiger partial charge in [0.1, 0.15) is 0 Å². The van der Waals surface area contributed by atoms with Crippen LogP contribution in [0.25, 0.3) is 0 Å². The Morgan fingerprint density at radius 3 is 2.78 bits per heavy atom. The molecule has 1 aliphatic carbocycles. The number of carbonyl (C=O) groups excluding carboxylic acids is 2. The highest BCUT2D eigenvalue weighted by atomic mass is 16.5. The predicted molar refractivity (Wildman–Crippen MR) is 87.6 cm³/mol. The summed E-state index contributed by atoms with van der Waals surface area (Å²) < 4.78 is 5.38. The molecule has 1 aliphatic heterocycles. The van der Waals surface area contributed by atoms with E-state index in [0.717, 1.165) is 24.8 Å². The first-order valence-corrected chi connectivity index (χ1v) is 8.63. The second-order valence-corrected chi connectivity index (χ2v) is 6.67. The molecular weight excluding hydrogens is 290 g/mol. The molecule has 1 aromatic carbocycles. The normalized spacial score (nSPS) is 28.3. The van der Waals surface area contributed by atoms with Gasteiger partial charge in [0.15, 0.2) is 0 Å². The summed E-state index contributed by atoms with van der Waals surface area (Å²) in [6.07, 6.45) is 3.78. The predicted octanol–water partition coefficient (Wildman–Crippen LogP) is 3.47. The number of benzene rings is 1. The van der Waals surface area contributed by atoms with Crippen molar-refractivity contribution in [1.82, 2.24) is 4.90 Å². The first-order chi connectivity index (χ1) is 11.1. The summed E-state index contributed by atoms with van der Waals surface area (Å²) in [6, 6.07) is 10.0. The first-order valence-electron chi connectivity index (χ1n) is 8.63.